The predicted molar refractivity (Wildman–Crippen MR) is 73.4 cm³/mol. The van der Waals surface area contributed by atoms with E-state index in [0.29, 0.717) is 12.8 Å². The van der Waals surface area contributed by atoms with Crippen molar-refractivity contribution in [2.24, 2.45) is 0 Å². The molecule has 3 heteroatoms. The van der Waals surface area contributed by atoms with Gasteiger partial charge in [-0.1, -0.05) is 12.1 Å². The summed E-state index contributed by atoms with van der Waals surface area (Å²) in [5.74, 6) is -0.252. The number of halogens is 1. The number of benzene rings is 1. The second-order valence-corrected chi connectivity index (χ2v) is 4.79. The van der Waals surface area contributed by atoms with E-state index in [0.717, 1.165) is 23.2 Å². The summed E-state index contributed by atoms with van der Waals surface area (Å²) in [5.41, 5.74) is 2.85. The van der Waals surface area contributed by atoms with Gasteiger partial charge in [-0.2, -0.15) is 0 Å². The minimum Gasteiger partial charge on any atom is -0.393 e. The van der Waals surface area contributed by atoms with Gasteiger partial charge in [-0.05, 0) is 61.6 Å². The van der Waals surface area contributed by atoms with Crippen LogP contribution in [0, 0.1) is 12.7 Å². The van der Waals surface area contributed by atoms with Crippen LogP contribution < -0.4 is 0 Å². The highest BCUT2D eigenvalue weighted by Crippen LogP contribution is 2.14. The van der Waals surface area contributed by atoms with Crippen LogP contribution in [0.25, 0.3) is 0 Å². The molecule has 19 heavy (non-hydrogen) atoms. The number of aliphatic hydroxyl groups is 1. The lowest BCUT2D eigenvalue weighted by Gasteiger charge is -2.12. The van der Waals surface area contributed by atoms with Crippen LogP contribution in [0.3, 0.4) is 0 Å². The average Bonchev–Trinajstić information content (AvgIpc) is 2.42. The standard InChI is InChI=1S/C16H18FNO/c1-12-5-6-14(17)10-13(12)11-16(19)8-7-15-4-2-3-9-18-15/h2-6,9-10,16,19H,7-8,11H2,1H3. The van der Waals surface area contributed by atoms with Crippen LogP contribution in [0.1, 0.15) is 23.2 Å². The summed E-state index contributed by atoms with van der Waals surface area (Å²) in [6, 6.07) is 10.4. The summed E-state index contributed by atoms with van der Waals surface area (Å²) in [7, 11) is 0. The fraction of sp³-hybridized carbons (Fsp3) is 0.312. The molecule has 1 unspecified atom stereocenters. The third-order valence-corrected chi connectivity index (χ3v) is 3.23. The molecule has 0 fully saturated rings. The topological polar surface area (TPSA) is 33.1 Å². The summed E-state index contributed by atoms with van der Waals surface area (Å²) < 4.78 is 13.2. The zero-order chi connectivity index (χ0) is 13.7. The number of hydrogen-bond acceptors (Lipinski definition) is 2. The average molecular weight is 259 g/mol. The Morgan fingerprint density at radius 1 is 1.26 bits per heavy atom. The van der Waals surface area contributed by atoms with Crippen LogP contribution in [-0.2, 0) is 12.8 Å². The number of aryl methyl sites for hydroxylation is 2. The van der Waals surface area contributed by atoms with E-state index in [4.69, 9.17) is 0 Å². The summed E-state index contributed by atoms with van der Waals surface area (Å²) in [6.07, 6.45) is 3.13. The number of hydrogen-bond donors (Lipinski definition) is 1. The first kappa shape index (κ1) is 13.7. The van der Waals surface area contributed by atoms with Gasteiger partial charge in [0.25, 0.3) is 0 Å². The maximum Gasteiger partial charge on any atom is 0.123 e. The fourth-order valence-corrected chi connectivity index (χ4v) is 2.08. The van der Waals surface area contributed by atoms with Crippen molar-refractivity contribution in [2.45, 2.75) is 32.3 Å². The Bertz CT molecular complexity index is 528. The minimum atomic E-state index is -0.470. The normalized spacial score (nSPS) is 12.4. The van der Waals surface area contributed by atoms with Crippen molar-refractivity contribution in [2.75, 3.05) is 0 Å². The Kier molecular flexibility index (Phi) is 4.63. The lowest BCUT2D eigenvalue weighted by molar-refractivity contribution is 0.164. The number of rotatable bonds is 5. The second-order valence-electron chi connectivity index (χ2n) is 4.79. The Balaban J connectivity index is 1.90. The number of nitrogens with zero attached hydrogens (tertiary/aromatic N) is 1. The quantitative estimate of drug-likeness (QED) is 0.895. The van der Waals surface area contributed by atoms with Crippen molar-refractivity contribution in [3.05, 3.63) is 65.2 Å². The number of aromatic nitrogens is 1. The van der Waals surface area contributed by atoms with E-state index < -0.39 is 6.10 Å². The predicted octanol–water partition coefficient (Wildman–Crippen LogP) is 3.07. The summed E-state index contributed by atoms with van der Waals surface area (Å²) in [6.45, 7) is 1.93. The largest absolute Gasteiger partial charge is 0.393 e. The molecule has 2 rings (SSSR count). The van der Waals surface area contributed by atoms with Crippen molar-refractivity contribution >= 4 is 0 Å². The van der Waals surface area contributed by atoms with Crippen LogP contribution in [-0.4, -0.2) is 16.2 Å². The van der Waals surface area contributed by atoms with Gasteiger partial charge in [-0.25, -0.2) is 4.39 Å². The SMILES string of the molecule is Cc1ccc(F)cc1CC(O)CCc1ccccn1. The highest BCUT2D eigenvalue weighted by atomic mass is 19.1. The van der Waals surface area contributed by atoms with Gasteiger partial charge in [-0.15, -0.1) is 0 Å². The van der Waals surface area contributed by atoms with Gasteiger partial charge in [0.2, 0.25) is 0 Å². The zero-order valence-electron chi connectivity index (χ0n) is 11.0. The molecular weight excluding hydrogens is 241 g/mol. The molecule has 0 radical (unpaired) electrons. The van der Waals surface area contributed by atoms with E-state index in [1.807, 2.05) is 25.1 Å². The molecule has 1 heterocycles. The summed E-state index contributed by atoms with van der Waals surface area (Å²) in [4.78, 5) is 4.22. The minimum absolute atomic E-state index is 0.252. The molecule has 1 N–H and O–H groups in total. The molecule has 1 atom stereocenters. The van der Waals surface area contributed by atoms with E-state index in [1.165, 1.54) is 12.1 Å². The molecule has 0 aliphatic rings. The molecule has 2 aromatic rings. The Labute approximate surface area is 112 Å². The van der Waals surface area contributed by atoms with Crippen LogP contribution in [0.5, 0.6) is 0 Å². The van der Waals surface area contributed by atoms with Crippen LogP contribution >= 0.6 is 0 Å². The first-order chi connectivity index (χ1) is 9.15. The maximum absolute atomic E-state index is 13.2. The molecule has 1 aromatic heterocycles. The van der Waals surface area contributed by atoms with Gasteiger partial charge in [-0.3, -0.25) is 4.98 Å². The summed E-state index contributed by atoms with van der Waals surface area (Å²) >= 11 is 0. The maximum atomic E-state index is 13.2. The molecule has 100 valence electrons. The molecule has 0 amide bonds. The lowest BCUT2D eigenvalue weighted by atomic mass is 9.99. The number of aliphatic hydroxyl groups excluding tert-OH is 1. The highest BCUT2D eigenvalue weighted by Gasteiger charge is 2.09. The van der Waals surface area contributed by atoms with Crippen molar-refractivity contribution < 1.29 is 9.50 Å². The third-order valence-electron chi connectivity index (χ3n) is 3.23. The van der Waals surface area contributed by atoms with Crippen molar-refractivity contribution in [1.82, 2.24) is 4.98 Å². The molecule has 0 aliphatic carbocycles. The van der Waals surface area contributed by atoms with E-state index in [1.54, 1.807) is 12.3 Å². The first-order valence-electron chi connectivity index (χ1n) is 6.48. The monoisotopic (exact) mass is 259 g/mol. The Morgan fingerprint density at radius 2 is 2.11 bits per heavy atom. The molecule has 0 saturated heterocycles. The lowest BCUT2D eigenvalue weighted by Crippen LogP contribution is -2.13. The van der Waals surface area contributed by atoms with Crippen LogP contribution in [0.4, 0.5) is 4.39 Å². The van der Waals surface area contributed by atoms with Crippen molar-refractivity contribution in [3.8, 4) is 0 Å². The van der Waals surface area contributed by atoms with Crippen molar-refractivity contribution in [1.29, 1.82) is 0 Å². The fourth-order valence-electron chi connectivity index (χ4n) is 2.08. The molecule has 0 spiro atoms. The molecule has 2 nitrogen and oxygen atoms in total. The number of pyridine rings is 1. The Morgan fingerprint density at radius 3 is 2.84 bits per heavy atom. The first-order valence-corrected chi connectivity index (χ1v) is 6.48. The van der Waals surface area contributed by atoms with E-state index in [9.17, 15) is 9.50 Å². The van der Waals surface area contributed by atoms with E-state index in [-0.39, 0.29) is 5.82 Å². The molecule has 0 bridgehead atoms. The molecule has 1 aromatic carbocycles. The van der Waals surface area contributed by atoms with Gasteiger partial charge in [0, 0.05) is 11.9 Å². The van der Waals surface area contributed by atoms with Crippen LogP contribution in [0.2, 0.25) is 0 Å². The molecular formula is C16H18FNO. The zero-order valence-corrected chi connectivity index (χ0v) is 11.0. The molecule has 0 saturated carbocycles. The van der Waals surface area contributed by atoms with Crippen LogP contribution in [0.15, 0.2) is 42.6 Å². The third kappa shape index (κ3) is 4.14. The smallest absolute Gasteiger partial charge is 0.123 e. The van der Waals surface area contributed by atoms with Gasteiger partial charge in [0.1, 0.15) is 5.82 Å². The summed E-state index contributed by atoms with van der Waals surface area (Å²) in [5, 5.41) is 10.0. The van der Waals surface area contributed by atoms with E-state index >= 15 is 0 Å². The van der Waals surface area contributed by atoms with Gasteiger partial charge < -0.3 is 5.11 Å². The Hall–Kier alpha value is -1.74. The van der Waals surface area contributed by atoms with Crippen molar-refractivity contribution in [3.63, 3.8) is 0 Å². The van der Waals surface area contributed by atoms with Gasteiger partial charge in [0.05, 0.1) is 6.10 Å². The van der Waals surface area contributed by atoms with Gasteiger partial charge >= 0.3 is 0 Å². The van der Waals surface area contributed by atoms with E-state index in [2.05, 4.69) is 4.98 Å². The van der Waals surface area contributed by atoms with Gasteiger partial charge in [0.15, 0.2) is 0 Å². The highest BCUT2D eigenvalue weighted by molar-refractivity contribution is 5.27. The molecule has 0 aliphatic heterocycles. The second kappa shape index (κ2) is 6.43.